The number of carbonyl (C=O) groups is 1. The van der Waals surface area contributed by atoms with Crippen LogP contribution in [0.5, 0.6) is 0 Å². The predicted molar refractivity (Wildman–Crippen MR) is 66.7 cm³/mol. The molecular weight excluding hydrogens is 290 g/mol. The molecule has 2 aromatic heterocycles. The number of halogens is 1. The molecule has 0 saturated carbocycles. The Morgan fingerprint density at radius 3 is 2.88 bits per heavy atom. The lowest BCUT2D eigenvalue weighted by Gasteiger charge is -2.01. The van der Waals surface area contributed by atoms with E-state index < -0.39 is 0 Å². The number of hydrogen-bond donors (Lipinski definition) is 1. The van der Waals surface area contributed by atoms with Gasteiger partial charge in [-0.05, 0) is 46.5 Å². The van der Waals surface area contributed by atoms with Crippen LogP contribution in [0.25, 0.3) is 0 Å². The molecule has 0 aliphatic rings. The third kappa shape index (κ3) is 2.65. The van der Waals surface area contributed by atoms with Crippen molar-refractivity contribution in [3.8, 4) is 0 Å². The van der Waals surface area contributed by atoms with Crippen LogP contribution in [-0.4, -0.2) is 15.3 Å². The van der Waals surface area contributed by atoms with Gasteiger partial charge in [0, 0.05) is 16.9 Å². The molecule has 0 aliphatic heterocycles. The maximum atomic E-state index is 11.8. The number of amides is 1. The normalized spacial score (nSPS) is 10.1. The third-order valence-electron chi connectivity index (χ3n) is 1.83. The van der Waals surface area contributed by atoms with Gasteiger partial charge in [0.1, 0.15) is 5.00 Å². The van der Waals surface area contributed by atoms with Crippen LogP contribution in [0.3, 0.4) is 0 Å². The maximum Gasteiger partial charge on any atom is 0.257 e. The fraction of sp³-hybridized carbons (Fsp3) is 0.100. The molecular formula is C10H8BrN3OS. The van der Waals surface area contributed by atoms with Crippen molar-refractivity contribution in [3.05, 3.63) is 40.3 Å². The first-order valence-corrected chi connectivity index (χ1v) is 6.07. The standard InChI is InChI=1S/C10H8BrN3OS/c1-6-2-9(16-14-6)13-10(15)7-3-8(11)5-12-4-7/h2-5H,1H3,(H,13,15). The molecule has 2 aromatic rings. The van der Waals surface area contributed by atoms with Crippen LogP contribution < -0.4 is 5.32 Å². The van der Waals surface area contributed by atoms with Crippen molar-refractivity contribution >= 4 is 38.4 Å². The summed E-state index contributed by atoms with van der Waals surface area (Å²) in [7, 11) is 0. The fourth-order valence-corrected chi connectivity index (χ4v) is 2.16. The van der Waals surface area contributed by atoms with E-state index in [1.54, 1.807) is 12.3 Å². The van der Waals surface area contributed by atoms with E-state index in [0.717, 1.165) is 15.2 Å². The average molecular weight is 298 g/mol. The second kappa shape index (κ2) is 4.71. The van der Waals surface area contributed by atoms with Crippen LogP contribution >= 0.6 is 27.5 Å². The lowest BCUT2D eigenvalue weighted by molar-refractivity contribution is 0.102. The van der Waals surface area contributed by atoms with Crippen LogP contribution in [0, 0.1) is 6.92 Å². The number of hydrogen-bond acceptors (Lipinski definition) is 4. The number of anilines is 1. The molecule has 0 radical (unpaired) electrons. The highest BCUT2D eigenvalue weighted by Gasteiger charge is 2.08. The number of aryl methyl sites for hydroxylation is 1. The fourth-order valence-electron chi connectivity index (χ4n) is 1.14. The summed E-state index contributed by atoms with van der Waals surface area (Å²) in [5.74, 6) is -0.183. The van der Waals surface area contributed by atoms with Crippen LogP contribution in [0.4, 0.5) is 5.00 Å². The lowest BCUT2D eigenvalue weighted by Crippen LogP contribution is -2.11. The van der Waals surface area contributed by atoms with E-state index >= 15 is 0 Å². The van der Waals surface area contributed by atoms with E-state index in [-0.39, 0.29) is 5.91 Å². The zero-order chi connectivity index (χ0) is 11.5. The molecule has 1 N–H and O–H groups in total. The average Bonchev–Trinajstić information content (AvgIpc) is 2.64. The smallest absolute Gasteiger partial charge is 0.257 e. The van der Waals surface area contributed by atoms with Gasteiger partial charge in [0.15, 0.2) is 0 Å². The van der Waals surface area contributed by atoms with E-state index in [9.17, 15) is 4.79 Å². The summed E-state index contributed by atoms with van der Waals surface area (Å²) in [4.78, 5) is 15.7. The highest BCUT2D eigenvalue weighted by Crippen LogP contribution is 2.17. The summed E-state index contributed by atoms with van der Waals surface area (Å²) in [6.07, 6.45) is 3.15. The Kier molecular flexibility index (Phi) is 3.31. The van der Waals surface area contributed by atoms with Gasteiger partial charge in [0.25, 0.3) is 5.91 Å². The molecule has 0 saturated heterocycles. The zero-order valence-electron chi connectivity index (χ0n) is 8.40. The predicted octanol–water partition coefficient (Wildman–Crippen LogP) is 2.86. The largest absolute Gasteiger partial charge is 0.312 e. The highest BCUT2D eigenvalue weighted by atomic mass is 79.9. The van der Waals surface area contributed by atoms with Crippen LogP contribution in [0.1, 0.15) is 16.1 Å². The monoisotopic (exact) mass is 297 g/mol. The van der Waals surface area contributed by atoms with Crippen molar-refractivity contribution in [2.45, 2.75) is 6.92 Å². The molecule has 16 heavy (non-hydrogen) atoms. The molecule has 6 heteroatoms. The van der Waals surface area contributed by atoms with Crippen molar-refractivity contribution in [1.82, 2.24) is 9.36 Å². The van der Waals surface area contributed by atoms with Gasteiger partial charge in [-0.3, -0.25) is 9.78 Å². The summed E-state index contributed by atoms with van der Waals surface area (Å²) in [5.41, 5.74) is 1.41. The summed E-state index contributed by atoms with van der Waals surface area (Å²) in [5, 5.41) is 3.50. The Hall–Kier alpha value is -1.27. The van der Waals surface area contributed by atoms with Gasteiger partial charge < -0.3 is 5.32 Å². The molecule has 0 aliphatic carbocycles. The molecule has 0 unspecified atom stereocenters. The molecule has 0 bridgehead atoms. The van der Waals surface area contributed by atoms with Gasteiger partial charge in [0.2, 0.25) is 0 Å². The van der Waals surface area contributed by atoms with Crippen molar-refractivity contribution in [2.75, 3.05) is 5.32 Å². The molecule has 1 amide bonds. The number of carbonyl (C=O) groups excluding carboxylic acids is 1. The Balaban J connectivity index is 2.14. The number of nitrogens with one attached hydrogen (secondary N) is 1. The number of pyridine rings is 1. The molecule has 2 rings (SSSR count). The number of rotatable bonds is 2. The third-order valence-corrected chi connectivity index (χ3v) is 3.06. The summed E-state index contributed by atoms with van der Waals surface area (Å²) >= 11 is 4.53. The van der Waals surface area contributed by atoms with Crippen LogP contribution in [-0.2, 0) is 0 Å². The van der Waals surface area contributed by atoms with Crippen LogP contribution in [0.15, 0.2) is 29.0 Å². The van der Waals surface area contributed by atoms with E-state index in [2.05, 4.69) is 30.6 Å². The van der Waals surface area contributed by atoms with Crippen molar-refractivity contribution in [2.24, 2.45) is 0 Å². The first kappa shape index (κ1) is 11.2. The van der Waals surface area contributed by atoms with E-state index in [4.69, 9.17) is 0 Å². The van der Waals surface area contributed by atoms with Gasteiger partial charge in [-0.15, -0.1) is 0 Å². The number of nitrogens with zero attached hydrogens (tertiary/aromatic N) is 2. The Bertz CT molecular complexity index is 526. The van der Waals surface area contributed by atoms with E-state index in [1.807, 2.05) is 13.0 Å². The minimum Gasteiger partial charge on any atom is -0.312 e. The topological polar surface area (TPSA) is 54.9 Å². The summed E-state index contributed by atoms with van der Waals surface area (Å²) < 4.78 is 4.86. The SMILES string of the molecule is Cc1cc(NC(=O)c2cncc(Br)c2)sn1. The van der Waals surface area contributed by atoms with E-state index in [0.29, 0.717) is 5.56 Å². The number of aromatic nitrogens is 2. The van der Waals surface area contributed by atoms with Crippen molar-refractivity contribution < 1.29 is 4.79 Å². The minimum atomic E-state index is -0.183. The summed E-state index contributed by atoms with van der Waals surface area (Å²) in [6, 6.07) is 3.55. The van der Waals surface area contributed by atoms with E-state index in [1.165, 1.54) is 17.7 Å². The lowest BCUT2D eigenvalue weighted by atomic mass is 10.3. The first-order valence-electron chi connectivity index (χ1n) is 4.50. The second-order valence-corrected chi connectivity index (χ2v) is 4.90. The van der Waals surface area contributed by atoms with Gasteiger partial charge in [0.05, 0.1) is 11.3 Å². The maximum absolute atomic E-state index is 11.8. The van der Waals surface area contributed by atoms with Crippen molar-refractivity contribution in [3.63, 3.8) is 0 Å². The Labute approximate surface area is 105 Å². The van der Waals surface area contributed by atoms with Crippen molar-refractivity contribution in [1.29, 1.82) is 0 Å². The summed E-state index contributed by atoms with van der Waals surface area (Å²) in [6.45, 7) is 1.88. The molecule has 0 spiro atoms. The molecule has 4 nitrogen and oxygen atoms in total. The molecule has 0 fully saturated rings. The molecule has 0 atom stereocenters. The first-order chi connectivity index (χ1) is 7.65. The Morgan fingerprint density at radius 2 is 2.25 bits per heavy atom. The second-order valence-electron chi connectivity index (χ2n) is 3.18. The quantitative estimate of drug-likeness (QED) is 0.927. The van der Waals surface area contributed by atoms with Crippen LogP contribution in [0.2, 0.25) is 0 Å². The molecule has 0 aromatic carbocycles. The van der Waals surface area contributed by atoms with Gasteiger partial charge in [-0.1, -0.05) is 0 Å². The van der Waals surface area contributed by atoms with Gasteiger partial charge in [-0.25, -0.2) is 0 Å². The highest BCUT2D eigenvalue weighted by molar-refractivity contribution is 9.10. The molecule has 82 valence electrons. The molecule has 2 heterocycles. The minimum absolute atomic E-state index is 0.183. The van der Waals surface area contributed by atoms with Gasteiger partial charge in [-0.2, -0.15) is 4.37 Å². The van der Waals surface area contributed by atoms with Gasteiger partial charge >= 0.3 is 0 Å². The Morgan fingerprint density at radius 1 is 1.44 bits per heavy atom. The zero-order valence-corrected chi connectivity index (χ0v) is 10.8.